The van der Waals surface area contributed by atoms with Crippen molar-refractivity contribution in [3.8, 4) is 5.75 Å². The molecule has 1 fully saturated rings. The Morgan fingerprint density at radius 2 is 1.92 bits per heavy atom. The molecule has 0 aliphatic carbocycles. The number of imidazole rings is 1. The van der Waals surface area contributed by atoms with Gasteiger partial charge in [-0.25, -0.2) is 19.5 Å². The molecule has 4 rings (SSSR count). The van der Waals surface area contributed by atoms with Crippen LogP contribution in [-0.2, 0) is 23.4 Å². The van der Waals surface area contributed by atoms with Crippen molar-refractivity contribution in [2.24, 2.45) is 0 Å². The molecule has 14 nitrogen and oxygen atoms in total. The fourth-order valence-electron chi connectivity index (χ4n) is 3.80. The van der Waals surface area contributed by atoms with Gasteiger partial charge in [-0.15, -0.1) is 0 Å². The first kappa shape index (κ1) is 25.9. The summed E-state index contributed by atoms with van der Waals surface area (Å²) < 4.78 is 37.0. The lowest BCUT2D eigenvalue weighted by Crippen LogP contribution is -2.41. The summed E-state index contributed by atoms with van der Waals surface area (Å²) in [5, 5.41) is 24.0. The van der Waals surface area contributed by atoms with Crippen LogP contribution >= 0.6 is 7.75 Å². The number of para-hydroxylation sites is 1. The van der Waals surface area contributed by atoms with E-state index in [-0.39, 0.29) is 11.6 Å². The predicted molar refractivity (Wildman–Crippen MR) is 125 cm³/mol. The molecule has 3 aromatic rings. The Balaban J connectivity index is 1.56. The van der Waals surface area contributed by atoms with E-state index in [0.717, 1.165) is 0 Å². The minimum Gasteiger partial charge on any atom is -0.468 e. The maximum Gasteiger partial charge on any atom is 0.459 e. The smallest absolute Gasteiger partial charge is 0.459 e. The molecule has 3 heterocycles. The third-order valence-corrected chi connectivity index (χ3v) is 7.34. The topological polar surface area (TPSA) is 193 Å². The molecule has 1 aliphatic rings. The molecule has 2 aromatic heterocycles. The molecule has 7 atom stereocenters. The molecule has 0 spiro atoms. The van der Waals surface area contributed by atoms with Gasteiger partial charge in [0.05, 0.1) is 19.5 Å². The quantitative estimate of drug-likeness (QED) is 0.228. The zero-order chi connectivity index (χ0) is 26.0. The molecule has 36 heavy (non-hydrogen) atoms. The maximum absolute atomic E-state index is 13.7. The Labute approximate surface area is 206 Å². The minimum atomic E-state index is -4.22. The van der Waals surface area contributed by atoms with E-state index in [1.165, 1.54) is 38.2 Å². The summed E-state index contributed by atoms with van der Waals surface area (Å²) >= 11 is 0. The molecular formula is C21H27N6O8P. The first-order chi connectivity index (χ1) is 17.1. The van der Waals surface area contributed by atoms with Crippen molar-refractivity contribution in [3.05, 3.63) is 43.0 Å². The Morgan fingerprint density at radius 3 is 2.61 bits per heavy atom. The van der Waals surface area contributed by atoms with Gasteiger partial charge in [-0.3, -0.25) is 13.9 Å². The maximum atomic E-state index is 13.7. The van der Waals surface area contributed by atoms with E-state index in [1.807, 2.05) is 0 Å². The van der Waals surface area contributed by atoms with Gasteiger partial charge in [0.15, 0.2) is 17.7 Å². The molecule has 1 saturated heterocycles. The number of nitrogen functional groups attached to an aromatic ring is 1. The van der Waals surface area contributed by atoms with Gasteiger partial charge in [0.1, 0.15) is 41.9 Å². The number of carbonyl (C=O) groups excluding carboxylic acids is 1. The van der Waals surface area contributed by atoms with E-state index in [4.69, 9.17) is 19.5 Å². The number of benzene rings is 1. The van der Waals surface area contributed by atoms with Crippen LogP contribution in [-0.4, -0.2) is 73.3 Å². The molecule has 0 bridgehead atoms. The lowest BCUT2D eigenvalue weighted by Gasteiger charge is -2.28. The van der Waals surface area contributed by atoms with Crippen LogP contribution in [0.3, 0.4) is 0 Å². The Morgan fingerprint density at radius 1 is 1.19 bits per heavy atom. The fourth-order valence-corrected chi connectivity index (χ4v) is 5.50. The van der Waals surface area contributed by atoms with E-state index in [1.54, 1.807) is 30.3 Å². The summed E-state index contributed by atoms with van der Waals surface area (Å²) in [5.74, 6) is -0.334. The van der Waals surface area contributed by atoms with Crippen molar-refractivity contribution in [1.29, 1.82) is 0 Å². The first-order valence-corrected chi connectivity index (χ1v) is 12.5. The third kappa shape index (κ3) is 5.19. The summed E-state index contributed by atoms with van der Waals surface area (Å²) in [6.45, 7) is 2.92. The first-order valence-electron chi connectivity index (χ1n) is 11.0. The monoisotopic (exact) mass is 522 g/mol. The summed E-state index contributed by atoms with van der Waals surface area (Å²) in [5.41, 5.74) is 6.42. The number of aliphatic hydroxyl groups excluding tert-OH is 2. The third-order valence-electron chi connectivity index (χ3n) is 5.58. The predicted octanol–water partition coefficient (Wildman–Crippen LogP) is 0.771. The summed E-state index contributed by atoms with van der Waals surface area (Å²) in [6.07, 6.45) is -3.59. The Kier molecular flexibility index (Phi) is 7.54. The fraction of sp³-hybridized carbons (Fsp3) is 0.429. The van der Waals surface area contributed by atoms with Gasteiger partial charge in [0, 0.05) is 0 Å². The van der Waals surface area contributed by atoms with Gasteiger partial charge < -0.3 is 29.9 Å². The lowest BCUT2D eigenvalue weighted by molar-refractivity contribution is -0.142. The highest BCUT2D eigenvalue weighted by Crippen LogP contribution is 2.48. The number of esters is 1. The second-order valence-corrected chi connectivity index (χ2v) is 9.79. The van der Waals surface area contributed by atoms with Gasteiger partial charge in [0.2, 0.25) is 0 Å². The average Bonchev–Trinajstić information content (AvgIpc) is 3.40. The highest BCUT2D eigenvalue weighted by molar-refractivity contribution is 7.52. The molecule has 0 amide bonds. The van der Waals surface area contributed by atoms with Crippen molar-refractivity contribution >= 4 is 30.7 Å². The normalized spacial score (nSPS) is 25.2. The number of rotatable bonds is 9. The second-order valence-electron chi connectivity index (χ2n) is 8.14. The van der Waals surface area contributed by atoms with Crippen LogP contribution in [0, 0.1) is 0 Å². The zero-order valence-electron chi connectivity index (χ0n) is 19.7. The minimum absolute atomic E-state index is 0.143. The van der Waals surface area contributed by atoms with Gasteiger partial charge in [-0.05, 0) is 26.0 Å². The number of carbonyl (C=O) groups is 1. The number of hydrogen-bond acceptors (Lipinski definition) is 12. The Bertz CT molecular complexity index is 1260. The number of nitrogens with one attached hydrogen (secondary N) is 1. The van der Waals surface area contributed by atoms with Crippen molar-refractivity contribution in [1.82, 2.24) is 24.6 Å². The molecule has 1 aromatic carbocycles. The highest BCUT2D eigenvalue weighted by Gasteiger charge is 2.49. The number of aliphatic hydroxyl groups is 2. The van der Waals surface area contributed by atoms with E-state index >= 15 is 0 Å². The molecule has 0 saturated carbocycles. The summed E-state index contributed by atoms with van der Waals surface area (Å²) in [4.78, 5) is 24.1. The van der Waals surface area contributed by atoms with Crippen LogP contribution in [0.15, 0.2) is 43.0 Å². The standard InChI is InChI=1S/C21H27N6O8P/c1-11(21(30)32-3)26-36(31,35-13-7-5-4-6-8-13)34-12(2)17-15(28)16(29)20(33-17)27-10-25-14-18(22)23-9-24-19(14)27/h4-12,15-17,20,28-29H,1-3H3,(H,26,31)(H2,22,23,24)/t11-,12-,15+,16-,17-,20-,36+/m1/s1. The number of methoxy groups -OCH3 is 1. The lowest BCUT2D eigenvalue weighted by atomic mass is 10.1. The molecule has 0 unspecified atom stereocenters. The van der Waals surface area contributed by atoms with Crippen molar-refractivity contribution in [3.63, 3.8) is 0 Å². The van der Waals surface area contributed by atoms with Gasteiger partial charge >= 0.3 is 13.7 Å². The van der Waals surface area contributed by atoms with Crippen LogP contribution in [0.4, 0.5) is 5.82 Å². The van der Waals surface area contributed by atoms with Crippen LogP contribution in [0.5, 0.6) is 5.75 Å². The number of aromatic nitrogens is 4. The van der Waals surface area contributed by atoms with Gasteiger partial charge in [-0.2, -0.15) is 5.09 Å². The second kappa shape index (κ2) is 10.5. The van der Waals surface area contributed by atoms with Crippen molar-refractivity contribution in [2.45, 2.75) is 50.5 Å². The highest BCUT2D eigenvalue weighted by atomic mass is 31.2. The van der Waals surface area contributed by atoms with Crippen LogP contribution in [0.2, 0.25) is 0 Å². The molecule has 194 valence electrons. The summed E-state index contributed by atoms with van der Waals surface area (Å²) in [6, 6.07) is 7.15. The largest absolute Gasteiger partial charge is 0.468 e. The molecule has 0 radical (unpaired) electrons. The van der Waals surface area contributed by atoms with Crippen LogP contribution < -0.4 is 15.3 Å². The average molecular weight is 522 g/mol. The van der Waals surface area contributed by atoms with Crippen molar-refractivity contribution < 1.29 is 38.1 Å². The van der Waals surface area contributed by atoms with E-state index in [2.05, 4.69) is 24.8 Å². The number of hydrogen-bond donors (Lipinski definition) is 4. The molecule has 1 aliphatic heterocycles. The number of fused-ring (bicyclic) bond motifs is 1. The Hall–Kier alpha value is -3.13. The number of anilines is 1. The van der Waals surface area contributed by atoms with E-state index in [0.29, 0.717) is 11.2 Å². The number of nitrogens with zero attached hydrogens (tertiary/aromatic N) is 4. The van der Waals surface area contributed by atoms with E-state index < -0.39 is 50.4 Å². The SMILES string of the molecule is COC(=O)[C@@H](C)N[P@@](=O)(Oc1ccccc1)O[C@H](C)[C@H]1O[C@@H](n2cnc3c(N)ncnc32)[C@H](O)[C@@H]1O. The van der Waals surface area contributed by atoms with Crippen LogP contribution in [0.25, 0.3) is 11.2 Å². The molecular weight excluding hydrogens is 495 g/mol. The molecule has 15 heteroatoms. The van der Waals surface area contributed by atoms with Crippen LogP contribution in [0.1, 0.15) is 20.1 Å². The molecule has 5 N–H and O–H groups in total. The number of nitrogens with two attached hydrogens (primary N) is 1. The van der Waals surface area contributed by atoms with Gasteiger partial charge in [-0.1, -0.05) is 18.2 Å². The number of ether oxygens (including phenoxy) is 2. The summed E-state index contributed by atoms with van der Waals surface area (Å²) in [7, 11) is -3.03. The van der Waals surface area contributed by atoms with E-state index in [9.17, 15) is 19.6 Å². The van der Waals surface area contributed by atoms with Crippen molar-refractivity contribution in [2.75, 3.05) is 12.8 Å². The van der Waals surface area contributed by atoms with Gasteiger partial charge in [0.25, 0.3) is 0 Å². The zero-order valence-corrected chi connectivity index (χ0v) is 20.6.